The molecule has 1 aliphatic rings. The number of hydrogen-bond donors (Lipinski definition) is 2. The molecule has 4 rings (SSSR count). The molecule has 0 radical (unpaired) electrons. The molecule has 3 atom stereocenters. The first-order chi connectivity index (χ1) is 14.9. The van der Waals surface area contributed by atoms with Crippen molar-refractivity contribution in [2.45, 2.75) is 39.3 Å². The topological polar surface area (TPSA) is 92.9 Å². The van der Waals surface area contributed by atoms with Gasteiger partial charge in [0.2, 0.25) is 5.78 Å². The Labute approximate surface area is 190 Å². The number of aliphatic hydroxyl groups is 1. The van der Waals surface area contributed by atoms with Crippen molar-refractivity contribution in [1.82, 2.24) is 19.7 Å². The van der Waals surface area contributed by atoms with Gasteiger partial charge in [0.05, 0.1) is 12.1 Å². The molecule has 2 aromatic heterocycles. The second kappa shape index (κ2) is 9.28. The van der Waals surface area contributed by atoms with E-state index in [1.54, 1.807) is 12.3 Å². The highest BCUT2D eigenvalue weighted by atomic mass is 79.9. The van der Waals surface area contributed by atoms with Crippen LogP contribution in [-0.4, -0.2) is 43.3 Å². The zero-order valence-electron chi connectivity index (χ0n) is 17.6. The van der Waals surface area contributed by atoms with Crippen molar-refractivity contribution in [3.63, 3.8) is 0 Å². The van der Waals surface area contributed by atoms with Crippen LogP contribution in [0.5, 0.6) is 0 Å². The Kier molecular flexibility index (Phi) is 6.48. The molecule has 2 heterocycles. The van der Waals surface area contributed by atoms with Crippen molar-refractivity contribution in [3.8, 4) is 0 Å². The monoisotopic (exact) mass is 483 g/mol. The molecule has 31 heavy (non-hydrogen) atoms. The van der Waals surface area contributed by atoms with Gasteiger partial charge in [-0.15, -0.1) is 0 Å². The van der Waals surface area contributed by atoms with Crippen LogP contribution in [0.3, 0.4) is 0 Å². The summed E-state index contributed by atoms with van der Waals surface area (Å²) >= 11 is 3.49. The summed E-state index contributed by atoms with van der Waals surface area (Å²) in [5.74, 6) is 1.02. The van der Waals surface area contributed by atoms with Crippen LogP contribution in [0.15, 0.2) is 47.3 Å². The molecule has 0 bridgehead atoms. The summed E-state index contributed by atoms with van der Waals surface area (Å²) in [4.78, 5) is 21.6. The van der Waals surface area contributed by atoms with E-state index in [-0.39, 0.29) is 24.3 Å². The number of rotatable bonds is 7. The van der Waals surface area contributed by atoms with Crippen LogP contribution < -0.4 is 5.32 Å². The minimum atomic E-state index is -0.205. The first-order valence-electron chi connectivity index (χ1n) is 10.5. The predicted octanol–water partition coefficient (Wildman–Crippen LogP) is 3.84. The van der Waals surface area contributed by atoms with E-state index in [0.717, 1.165) is 28.6 Å². The SMILES string of the molecule is Cc1cc(C(=O)c2cncnc2N[C@@H]2C[C@H](CO)[C@@H](C)C2)nn1Cc1cccc(Br)c1. The van der Waals surface area contributed by atoms with E-state index < -0.39 is 0 Å². The molecular formula is C23H26BrN5O2. The van der Waals surface area contributed by atoms with E-state index in [0.29, 0.717) is 29.5 Å². The van der Waals surface area contributed by atoms with Crippen molar-refractivity contribution in [1.29, 1.82) is 0 Å². The summed E-state index contributed by atoms with van der Waals surface area (Å²) in [6.45, 7) is 4.85. The molecule has 7 nitrogen and oxygen atoms in total. The van der Waals surface area contributed by atoms with E-state index in [2.05, 4.69) is 43.2 Å². The maximum absolute atomic E-state index is 13.3. The Morgan fingerprint density at radius 2 is 2.16 bits per heavy atom. The average molecular weight is 484 g/mol. The number of ketones is 1. The second-order valence-electron chi connectivity index (χ2n) is 8.31. The normalized spacial score (nSPS) is 20.7. The standard InChI is InChI=1S/C23H26BrN5O2/c1-14-6-19(9-17(14)12-30)27-23-20(10-25-13-26-23)22(31)21-7-15(2)29(28-21)11-16-4-3-5-18(24)8-16/h3-5,7-8,10,13-14,17,19,30H,6,9,11-12H2,1-2H3,(H,25,26,27)/t14-,17+,19-/m0/s1. The van der Waals surface area contributed by atoms with E-state index in [4.69, 9.17) is 0 Å². The van der Waals surface area contributed by atoms with Crippen LogP contribution in [0, 0.1) is 18.8 Å². The number of nitrogens with one attached hydrogen (secondary N) is 1. The fourth-order valence-corrected chi connectivity index (χ4v) is 4.69. The molecule has 162 valence electrons. The molecule has 1 saturated carbocycles. The number of carbonyl (C=O) groups excluding carboxylic acids is 1. The smallest absolute Gasteiger partial charge is 0.218 e. The Morgan fingerprint density at radius 3 is 2.90 bits per heavy atom. The summed E-state index contributed by atoms with van der Waals surface area (Å²) < 4.78 is 2.84. The van der Waals surface area contributed by atoms with Gasteiger partial charge in [-0.25, -0.2) is 9.97 Å². The zero-order chi connectivity index (χ0) is 22.0. The Bertz CT molecular complexity index is 1080. The summed E-state index contributed by atoms with van der Waals surface area (Å²) in [6.07, 6.45) is 4.78. The number of aromatic nitrogens is 4. The van der Waals surface area contributed by atoms with Crippen LogP contribution >= 0.6 is 15.9 Å². The van der Waals surface area contributed by atoms with E-state index in [1.807, 2.05) is 35.9 Å². The second-order valence-corrected chi connectivity index (χ2v) is 9.22. The van der Waals surface area contributed by atoms with Gasteiger partial charge in [-0.2, -0.15) is 5.10 Å². The van der Waals surface area contributed by atoms with E-state index >= 15 is 0 Å². The van der Waals surface area contributed by atoms with Gasteiger partial charge in [-0.1, -0.05) is 35.0 Å². The largest absolute Gasteiger partial charge is 0.396 e. The molecule has 0 aliphatic heterocycles. The maximum Gasteiger partial charge on any atom is 0.218 e. The number of aliphatic hydroxyl groups excluding tert-OH is 1. The fourth-order valence-electron chi connectivity index (χ4n) is 4.24. The van der Waals surface area contributed by atoms with E-state index in [9.17, 15) is 9.90 Å². The third-order valence-corrected chi connectivity index (χ3v) is 6.51. The third kappa shape index (κ3) is 4.85. The first kappa shape index (κ1) is 21.6. The summed E-state index contributed by atoms with van der Waals surface area (Å²) in [7, 11) is 0. The zero-order valence-corrected chi connectivity index (χ0v) is 19.2. The number of aryl methyl sites for hydroxylation is 1. The first-order valence-corrected chi connectivity index (χ1v) is 11.2. The number of halogens is 1. The van der Waals surface area contributed by atoms with Crippen molar-refractivity contribution >= 4 is 27.5 Å². The maximum atomic E-state index is 13.3. The lowest BCUT2D eigenvalue weighted by Gasteiger charge is -2.15. The number of nitrogens with zero attached hydrogens (tertiary/aromatic N) is 4. The Morgan fingerprint density at radius 1 is 1.32 bits per heavy atom. The number of benzene rings is 1. The molecule has 8 heteroatoms. The molecule has 2 N–H and O–H groups in total. The van der Waals surface area contributed by atoms with Crippen LogP contribution in [0.2, 0.25) is 0 Å². The highest BCUT2D eigenvalue weighted by molar-refractivity contribution is 9.10. The lowest BCUT2D eigenvalue weighted by atomic mass is 10.00. The Balaban J connectivity index is 1.54. The van der Waals surface area contributed by atoms with Gasteiger partial charge in [0.1, 0.15) is 17.8 Å². The quantitative estimate of drug-likeness (QED) is 0.495. The van der Waals surface area contributed by atoms with Crippen molar-refractivity contribution in [2.75, 3.05) is 11.9 Å². The Hall–Kier alpha value is -2.58. The fraction of sp³-hybridized carbons (Fsp3) is 0.391. The molecule has 0 amide bonds. The molecule has 0 spiro atoms. The highest BCUT2D eigenvalue weighted by Crippen LogP contribution is 2.33. The van der Waals surface area contributed by atoms with Gasteiger partial charge in [-0.3, -0.25) is 9.48 Å². The predicted molar refractivity (Wildman–Crippen MR) is 122 cm³/mol. The highest BCUT2D eigenvalue weighted by Gasteiger charge is 2.31. The molecule has 0 saturated heterocycles. The number of carbonyl (C=O) groups is 1. The van der Waals surface area contributed by atoms with Gasteiger partial charge in [-0.05, 0) is 55.4 Å². The number of anilines is 1. The lowest BCUT2D eigenvalue weighted by Crippen LogP contribution is -2.20. The minimum Gasteiger partial charge on any atom is -0.396 e. The third-order valence-electron chi connectivity index (χ3n) is 6.02. The van der Waals surface area contributed by atoms with E-state index in [1.165, 1.54) is 6.33 Å². The minimum absolute atomic E-state index is 0.171. The average Bonchev–Trinajstić information content (AvgIpc) is 3.29. The van der Waals surface area contributed by atoms with Crippen LogP contribution in [0.25, 0.3) is 0 Å². The number of hydrogen-bond acceptors (Lipinski definition) is 6. The van der Waals surface area contributed by atoms with Crippen molar-refractivity contribution in [2.24, 2.45) is 11.8 Å². The molecule has 3 aromatic rings. The summed E-state index contributed by atoms with van der Waals surface area (Å²) in [5.41, 5.74) is 2.79. The summed E-state index contributed by atoms with van der Waals surface area (Å²) in [6, 6.07) is 10.0. The van der Waals surface area contributed by atoms with Crippen LogP contribution in [0.1, 0.15) is 47.1 Å². The molecule has 1 aliphatic carbocycles. The van der Waals surface area contributed by atoms with Crippen LogP contribution in [-0.2, 0) is 6.54 Å². The van der Waals surface area contributed by atoms with Gasteiger partial charge in [0, 0.05) is 29.0 Å². The van der Waals surface area contributed by atoms with Gasteiger partial charge in [0.25, 0.3) is 0 Å². The molecule has 0 unspecified atom stereocenters. The van der Waals surface area contributed by atoms with Gasteiger partial charge >= 0.3 is 0 Å². The molecular weight excluding hydrogens is 458 g/mol. The van der Waals surface area contributed by atoms with Crippen LogP contribution in [0.4, 0.5) is 5.82 Å². The van der Waals surface area contributed by atoms with Gasteiger partial charge in [0.15, 0.2) is 0 Å². The van der Waals surface area contributed by atoms with Crippen molar-refractivity contribution in [3.05, 3.63) is 69.8 Å². The van der Waals surface area contributed by atoms with Crippen molar-refractivity contribution < 1.29 is 9.90 Å². The molecule has 1 fully saturated rings. The molecule has 1 aromatic carbocycles. The summed E-state index contributed by atoms with van der Waals surface area (Å²) in [5, 5.41) is 17.5. The lowest BCUT2D eigenvalue weighted by molar-refractivity contribution is 0.103. The van der Waals surface area contributed by atoms with Gasteiger partial charge < -0.3 is 10.4 Å².